The molecule has 2 aliphatic rings. The first kappa shape index (κ1) is 18.9. The Morgan fingerprint density at radius 3 is 2.42 bits per heavy atom. The second-order valence-electron chi connectivity index (χ2n) is 6.90. The Morgan fingerprint density at radius 2 is 1.92 bits per heavy atom. The lowest BCUT2D eigenvalue weighted by molar-refractivity contribution is -0.141. The van der Waals surface area contributed by atoms with Crippen molar-refractivity contribution in [1.29, 1.82) is 0 Å². The normalized spacial score (nSPS) is 32.2. The first-order valence-corrected chi connectivity index (χ1v) is 9.47. The predicted molar refractivity (Wildman–Crippen MR) is 85.9 cm³/mol. The molecule has 5 nitrogen and oxygen atoms in total. The van der Waals surface area contributed by atoms with E-state index in [1.54, 1.807) is 0 Å². The summed E-state index contributed by atoms with van der Waals surface area (Å²) in [7, 11) is -1.58. The molecule has 2 fully saturated rings. The third-order valence-electron chi connectivity index (χ3n) is 5.40. The van der Waals surface area contributed by atoms with E-state index in [4.69, 9.17) is 0 Å². The fourth-order valence-corrected chi connectivity index (χ4v) is 4.76. The molecule has 0 aromatic carbocycles. The Morgan fingerprint density at radius 1 is 1.31 bits per heavy atom. The number of hydrogen-bond acceptors (Lipinski definition) is 5. The van der Waals surface area contributed by atoms with Crippen molar-refractivity contribution in [3.05, 3.63) is 29.1 Å². The molecule has 0 spiro atoms. The lowest BCUT2D eigenvalue weighted by Gasteiger charge is -2.33. The van der Waals surface area contributed by atoms with Gasteiger partial charge in [0.05, 0.1) is 0 Å². The van der Waals surface area contributed by atoms with Crippen molar-refractivity contribution in [2.75, 3.05) is 6.26 Å². The first-order chi connectivity index (χ1) is 11.9. The number of carbonyl (C=O) groups excluding carboxylic acids is 3. The third-order valence-corrected chi connectivity index (χ3v) is 7.10. The van der Waals surface area contributed by atoms with Crippen molar-refractivity contribution in [2.45, 2.75) is 31.2 Å². The highest BCUT2D eigenvalue weighted by atomic mass is 32.2. The largest absolute Gasteiger partial charge is 0.433 e. The molecule has 2 saturated carbocycles. The molecule has 0 saturated heterocycles. The van der Waals surface area contributed by atoms with Gasteiger partial charge in [-0.05, 0) is 38.3 Å². The summed E-state index contributed by atoms with van der Waals surface area (Å²) in [5.41, 5.74) is -1.56. The quantitative estimate of drug-likeness (QED) is 0.586. The molecule has 140 valence electrons. The maximum absolute atomic E-state index is 12.9. The van der Waals surface area contributed by atoms with Gasteiger partial charge in [-0.15, -0.1) is 0 Å². The van der Waals surface area contributed by atoms with Crippen LogP contribution in [0.3, 0.4) is 0 Å². The summed E-state index contributed by atoms with van der Waals surface area (Å²) in [4.78, 5) is 41.6. The maximum atomic E-state index is 12.9. The van der Waals surface area contributed by atoms with Crippen LogP contribution in [0.25, 0.3) is 0 Å². The minimum absolute atomic E-state index is 0.201. The van der Waals surface area contributed by atoms with E-state index in [1.807, 2.05) is 0 Å². The molecule has 1 aromatic rings. The summed E-state index contributed by atoms with van der Waals surface area (Å²) in [6.07, 6.45) is -2.91. The molecule has 1 aromatic heterocycles. The van der Waals surface area contributed by atoms with Gasteiger partial charge in [-0.1, -0.05) is 0 Å². The molecule has 0 N–H and O–H groups in total. The number of halogens is 3. The predicted octanol–water partition coefficient (Wildman–Crippen LogP) is 2.13. The lowest BCUT2D eigenvalue weighted by Crippen LogP contribution is -2.54. The van der Waals surface area contributed by atoms with E-state index in [0.717, 1.165) is 6.07 Å². The summed E-state index contributed by atoms with van der Waals surface area (Å²) in [5, 5.41) is 0. The van der Waals surface area contributed by atoms with Gasteiger partial charge in [-0.25, -0.2) is 4.98 Å². The number of pyridine rings is 1. The molecule has 9 heteroatoms. The number of ketones is 3. The summed E-state index contributed by atoms with van der Waals surface area (Å²) < 4.78 is 49.0. The first-order valence-electron chi connectivity index (χ1n) is 7.91. The van der Waals surface area contributed by atoms with Gasteiger partial charge in [-0.3, -0.25) is 18.6 Å². The van der Waals surface area contributed by atoms with Gasteiger partial charge in [0, 0.05) is 34.2 Å². The van der Waals surface area contributed by atoms with Crippen molar-refractivity contribution in [2.24, 2.45) is 17.8 Å². The number of alkyl halides is 3. The minimum Gasteiger partial charge on any atom is -0.298 e. The fraction of sp³-hybridized carbons (Fsp3) is 0.529. The average molecular weight is 387 g/mol. The average Bonchev–Trinajstić information content (AvgIpc) is 3.33. The van der Waals surface area contributed by atoms with E-state index in [1.165, 1.54) is 20.1 Å². The van der Waals surface area contributed by atoms with Gasteiger partial charge in [0.25, 0.3) is 0 Å². The number of fused-ring (bicyclic) bond motifs is 1. The van der Waals surface area contributed by atoms with Crippen molar-refractivity contribution in [3.63, 3.8) is 0 Å². The number of nitrogens with zero attached hydrogens (tertiary/aromatic N) is 1. The molecule has 3 rings (SSSR count). The second kappa shape index (κ2) is 5.80. The van der Waals surface area contributed by atoms with Crippen molar-refractivity contribution >= 4 is 28.1 Å². The van der Waals surface area contributed by atoms with Crippen LogP contribution in [0.5, 0.6) is 0 Å². The Kier molecular flexibility index (Phi) is 4.21. The van der Waals surface area contributed by atoms with Crippen molar-refractivity contribution < 1.29 is 31.8 Å². The molecule has 0 amide bonds. The van der Waals surface area contributed by atoms with E-state index in [-0.39, 0.29) is 17.2 Å². The molecule has 1 heterocycles. The SMILES string of the molecule is Cc1nc(C(F)(F)F)ccc1C(=O)C1C(=O)C2CC2C(C)(S(C)=O)C1=O. The number of hydrogen-bond donors (Lipinski definition) is 0. The van der Waals surface area contributed by atoms with Crippen LogP contribution in [0.2, 0.25) is 0 Å². The van der Waals surface area contributed by atoms with Gasteiger partial charge in [0.15, 0.2) is 17.3 Å². The van der Waals surface area contributed by atoms with Gasteiger partial charge >= 0.3 is 6.18 Å². The number of Topliss-reactive ketones (excluding diaryl/α,β-unsaturated/α-hetero) is 3. The minimum atomic E-state index is -4.66. The molecule has 5 unspecified atom stereocenters. The van der Waals surface area contributed by atoms with Gasteiger partial charge in [-0.2, -0.15) is 13.2 Å². The zero-order chi connectivity index (χ0) is 19.6. The van der Waals surface area contributed by atoms with Crippen LogP contribution in [-0.4, -0.2) is 37.5 Å². The number of carbonyl (C=O) groups is 3. The van der Waals surface area contributed by atoms with Gasteiger partial charge in [0.1, 0.15) is 16.4 Å². The van der Waals surface area contributed by atoms with Crippen LogP contribution in [0, 0.1) is 24.7 Å². The van der Waals surface area contributed by atoms with E-state index < -0.39 is 56.6 Å². The Balaban J connectivity index is 2.00. The van der Waals surface area contributed by atoms with Crippen LogP contribution < -0.4 is 0 Å². The summed E-state index contributed by atoms with van der Waals surface area (Å²) >= 11 is 0. The topological polar surface area (TPSA) is 81.2 Å². The van der Waals surface area contributed by atoms with Crippen LogP contribution in [0.4, 0.5) is 13.2 Å². The maximum Gasteiger partial charge on any atom is 0.433 e. The number of aromatic nitrogens is 1. The zero-order valence-electron chi connectivity index (χ0n) is 14.2. The lowest BCUT2D eigenvalue weighted by atomic mass is 9.76. The monoisotopic (exact) mass is 387 g/mol. The molecule has 0 radical (unpaired) electrons. The highest BCUT2D eigenvalue weighted by Gasteiger charge is 2.67. The van der Waals surface area contributed by atoms with Crippen LogP contribution in [0.15, 0.2) is 12.1 Å². The molecule has 26 heavy (non-hydrogen) atoms. The summed E-state index contributed by atoms with van der Waals surface area (Å²) in [6.45, 7) is 2.71. The highest BCUT2D eigenvalue weighted by molar-refractivity contribution is 7.86. The van der Waals surface area contributed by atoms with Crippen molar-refractivity contribution in [3.8, 4) is 0 Å². The third kappa shape index (κ3) is 2.64. The van der Waals surface area contributed by atoms with Gasteiger partial charge < -0.3 is 0 Å². The Labute approximate surface area is 149 Å². The fourth-order valence-electron chi connectivity index (χ4n) is 3.67. The van der Waals surface area contributed by atoms with Crippen LogP contribution in [0.1, 0.15) is 35.1 Å². The second-order valence-corrected chi connectivity index (χ2v) is 8.66. The van der Waals surface area contributed by atoms with Gasteiger partial charge in [0.2, 0.25) is 0 Å². The molecule has 5 atom stereocenters. The van der Waals surface area contributed by atoms with E-state index in [9.17, 15) is 31.8 Å². The molecule has 2 aliphatic carbocycles. The number of rotatable bonds is 3. The molecule has 0 bridgehead atoms. The van der Waals surface area contributed by atoms with E-state index >= 15 is 0 Å². The summed E-state index contributed by atoms with van der Waals surface area (Å²) in [5.74, 6) is -4.60. The van der Waals surface area contributed by atoms with E-state index in [2.05, 4.69) is 4.98 Å². The van der Waals surface area contributed by atoms with Crippen LogP contribution in [-0.2, 0) is 26.6 Å². The smallest absolute Gasteiger partial charge is 0.298 e. The standard InChI is InChI=1S/C17H16F3NO4S/c1-7-8(4-5-11(21-7)17(18,19)20)13(22)12-14(23)9-6-10(9)16(2,15(12)24)26(3)25/h4-5,9-10,12H,6H2,1-3H3. The highest BCUT2D eigenvalue weighted by Crippen LogP contribution is 2.55. The van der Waals surface area contributed by atoms with Crippen molar-refractivity contribution in [1.82, 2.24) is 4.98 Å². The zero-order valence-corrected chi connectivity index (χ0v) is 15.0. The molecular formula is C17H16F3NO4S. The Hall–Kier alpha value is -1.90. The van der Waals surface area contributed by atoms with Crippen LogP contribution >= 0.6 is 0 Å². The van der Waals surface area contributed by atoms with E-state index in [0.29, 0.717) is 12.5 Å². The number of aryl methyl sites for hydroxylation is 1. The molecular weight excluding hydrogens is 371 g/mol. The summed E-state index contributed by atoms with van der Waals surface area (Å²) in [6, 6.07) is 1.59. The molecule has 0 aliphatic heterocycles. The Bertz CT molecular complexity index is 866.